The molecule has 2 amide bonds. The van der Waals surface area contributed by atoms with Crippen molar-refractivity contribution < 1.29 is 14.3 Å². The van der Waals surface area contributed by atoms with Gasteiger partial charge in [0.2, 0.25) is 5.91 Å². The van der Waals surface area contributed by atoms with Gasteiger partial charge in [-0.15, -0.1) is 0 Å². The third-order valence-electron chi connectivity index (χ3n) is 4.63. The molecule has 3 rings (SSSR count). The van der Waals surface area contributed by atoms with Crippen LogP contribution in [0.1, 0.15) is 34.8 Å². The molecule has 2 aromatic carbocycles. The van der Waals surface area contributed by atoms with Gasteiger partial charge in [-0.1, -0.05) is 41.9 Å². The van der Waals surface area contributed by atoms with Crippen molar-refractivity contribution in [2.24, 2.45) is 0 Å². The normalized spacial score (nSPS) is 16.4. The molecule has 1 aliphatic rings. The van der Waals surface area contributed by atoms with Crippen LogP contribution in [0.25, 0.3) is 0 Å². The molecule has 1 aliphatic heterocycles. The molecule has 1 heterocycles. The van der Waals surface area contributed by atoms with Crippen LogP contribution in [0.5, 0.6) is 5.75 Å². The first-order valence-electron chi connectivity index (χ1n) is 9.16. The Hall–Kier alpha value is -2.18. The van der Waals surface area contributed by atoms with Crippen molar-refractivity contribution in [1.29, 1.82) is 0 Å². The Morgan fingerprint density at radius 1 is 1.21 bits per heavy atom. The minimum absolute atomic E-state index is 0.133. The van der Waals surface area contributed by atoms with Gasteiger partial charge in [0.1, 0.15) is 11.8 Å². The number of hydrogen-bond acceptors (Lipinski definition) is 4. The molecule has 0 bridgehead atoms. The Labute approximate surface area is 174 Å². The number of carbonyl (C=O) groups excluding carboxylic acids is 2. The second-order valence-corrected chi connectivity index (χ2v) is 7.92. The lowest BCUT2D eigenvalue weighted by molar-refractivity contribution is -0.124. The summed E-state index contributed by atoms with van der Waals surface area (Å²) < 4.78 is 5.66. The smallest absolute Gasteiger partial charge is 0.253 e. The van der Waals surface area contributed by atoms with Crippen molar-refractivity contribution in [3.63, 3.8) is 0 Å². The number of nitrogens with one attached hydrogen (secondary N) is 2. The van der Waals surface area contributed by atoms with Crippen molar-refractivity contribution in [3.05, 3.63) is 64.7 Å². The van der Waals surface area contributed by atoms with Crippen molar-refractivity contribution in [2.75, 3.05) is 18.6 Å². The van der Waals surface area contributed by atoms with Crippen molar-refractivity contribution in [3.8, 4) is 5.75 Å². The molecular weight excluding hydrogens is 396 g/mol. The maximum absolute atomic E-state index is 13.0. The molecule has 0 spiro atoms. The average molecular weight is 419 g/mol. The topological polar surface area (TPSA) is 67.4 Å². The second-order valence-electron chi connectivity index (χ2n) is 6.52. The number of carbonyl (C=O) groups is 2. The molecule has 0 unspecified atom stereocenters. The minimum atomic E-state index is -0.633. The molecule has 0 aliphatic carbocycles. The molecule has 0 radical (unpaired) electrons. The zero-order valence-electron chi connectivity index (χ0n) is 15.6. The lowest BCUT2D eigenvalue weighted by atomic mass is 10.00. The first-order valence-corrected chi connectivity index (χ1v) is 10.9. The van der Waals surface area contributed by atoms with Crippen LogP contribution in [0.15, 0.2) is 48.5 Å². The lowest BCUT2D eigenvalue weighted by Gasteiger charge is -2.28. The Morgan fingerprint density at radius 2 is 1.96 bits per heavy atom. The van der Waals surface area contributed by atoms with Gasteiger partial charge in [0, 0.05) is 12.0 Å². The van der Waals surface area contributed by atoms with E-state index in [1.165, 1.54) is 0 Å². The molecule has 0 saturated heterocycles. The van der Waals surface area contributed by atoms with Crippen molar-refractivity contribution in [1.82, 2.24) is 10.6 Å². The number of benzene rings is 2. The predicted octanol–water partition coefficient (Wildman–Crippen LogP) is 3.83. The van der Waals surface area contributed by atoms with E-state index in [0.717, 1.165) is 17.1 Å². The van der Waals surface area contributed by atoms with E-state index >= 15 is 0 Å². The molecule has 2 N–H and O–H groups in total. The highest BCUT2D eigenvalue weighted by molar-refractivity contribution is 7.98. The summed E-state index contributed by atoms with van der Waals surface area (Å²) in [7, 11) is 0. The lowest BCUT2D eigenvalue weighted by Crippen LogP contribution is -2.48. The first kappa shape index (κ1) is 20.6. The van der Waals surface area contributed by atoms with E-state index in [-0.39, 0.29) is 17.9 Å². The monoisotopic (exact) mass is 418 g/mol. The summed E-state index contributed by atoms with van der Waals surface area (Å²) >= 11 is 7.75. The summed E-state index contributed by atoms with van der Waals surface area (Å²) in [5.74, 6) is 1.00. The van der Waals surface area contributed by atoms with Gasteiger partial charge in [0.15, 0.2) is 0 Å². The second kappa shape index (κ2) is 9.85. The van der Waals surface area contributed by atoms with Gasteiger partial charge < -0.3 is 15.4 Å². The number of halogens is 1. The van der Waals surface area contributed by atoms with Gasteiger partial charge in [-0.05, 0) is 36.6 Å². The van der Waals surface area contributed by atoms with E-state index in [4.69, 9.17) is 16.3 Å². The molecule has 0 saturated carbocycles. The largest absolute Gasteiger partial charge is 0.493 e. The van der Waals surface area contributed by atoms with Crippen LogP contribution < -0.4 is 15.4 Å². The van der Waals surface area contributed by atoms with Crippen LogP contribution >= 0.6 is 23.4 Å². The standard InChI is InChI=1S/C21H23ClN2O3S/c1-28-13-11-18(24-20(25)14-6-2-4-8-16(14)22)21(26)23-17-10-12-27-19-9-5-3-7-15(17)19/h2-9,17-18H,10-13H2,1H3,(H,23,26)(H,24,25)/t17-,18-/m0/s1. The van der Waals surface area contributed by atoms with Gasteiger partial charge in [-0.25, -0.2) is 0 Å². The summed E-state index contributed by atoms with van der Waals surface area (Å²) in [4.78, 5) is 25.6. The van der Waals surface area contributed by atoms with E-state index < -0.39 is 6.04 Å². The summed E-state index contributed by atoms with van der Waals surface area (Å²) in [5.41, 5.74) is 1.32. The average Bonchev–Trinajstić information content (AvgIpc) is 2.71. The summed E-state index contributed by atoms with van der Waals surface area (Å²) in [6.45, 7) is 0.545. The molecule has 0 fully saturated rings. The highest BCUT2D eigenvalue weighted by atomic mass is 35.5. The maximum atomic E-state index is 13.0. The van der Waals surface area contributed by atoms with Crippen molar-refractivity contribution in [2.45, 2.75) is 24.9 Å². The first-order chi connectivity index (χ1) is 13.6. The zero-order valence-corrected chi connectivity index (χ0v) is 17.2. The molecule has 28 heavy (non-hydrogen) atoms. The summed E-state index contributed by atoms with van der Waals surface area (Å²) in [6, 6.07) is 13.7. The van der Waals surface area contributed by atoms with Crippen LogP contribution in [0.3, 0.4) is 0 Å². The number of ether oxygens (including phenoxy) is 1. The maximum Gasteiger partial charge on any atom is 0.253 e. The molecule has 2 aromatic rings. The fraction of sp³-hybridized carbons (Fsp3) is 0.333. The summed E-state index contributed by atoms with van der Waals surface area (Å²) in [6.07, 6.45) is 3.20. The SMILES string of the molecule is CSCC[C@H](NC(=O)c1ccccc1Cl)C(=O)N[C@H]1CCOc2ccccc21. The number of hydrogen-bond donors (Lipinski definition) is 2. The number of amides is 2. The van der Waals surface area contributed by atoms with Crippen molar-refractivity contribution >= 4 is 35.2 Å². The molecule has 5 nitrogen and oxygen atoms in total. The Kier molecular flexibility index (Phi) is 7.23. The quantitative estimate of drug-likeness (QED) is 0.717. The van der Waals surface area contributed by atoms with E-state index in [9.17, 15) is 9.59 Å². The highest BCUT2D eigenvalue weighted by Gasteiger charge is 2.27. The van der Waals surface area contributed by atoms with E-state index in [1.807, 2.05) is 30.5 Å². The highest BCUT2D eigenvalue weighted by Crippen LogP contribution is 2.31. The van der Waals surface area contributed by atoms with E-state index in [1.54, 1.807) is 36.0 Å². The number of fused-ring (bicyclic) bond motifs is 1. The third kappa shape index (κ3) is 5.00. The third-order valence-corrected chi connectivity index (χ3v) is 5.60. The van der Waals surface area contributed by atoms with Gasteiger partial charge in [-0.2, -0.15) is 11.8 Å². The number of para-hydroxylation sites is 1. The number of thioether (sulfide) groups is 1. The molecule has 148 valence electrons. The van der Waals surface area contributed by atoms with Gasteiger partial charge in [0.05, 0.1) is 23.2 Å². The van der Waals surface area contributed by atoms with Crippen LogP contribution in [0, 0.1) is 0 Å². The fourth-order valence-electron chi connectivity index (χ4n) is 3.15. The van der Waals surface area contributed by atoms with E-state index in [0.29, 0.717) is 30.0 Å². The zero-order chi connectivity index (χ0) is 19.9. The van der Waals surface area contributed by atoms with Crippen LogP contribution in [-0.2, 0) is 4.79 Å². The van der Waals surface area contributed by atoms with Gasteiger partial charge in [-0.3, -0.25) is 9.59 Å². The Bertz CT molecular complexity index is 846. The van der Waals surface area contributed by atoms with E-state index in [2.05, 4.69) is 10.6 Å². The van der Waals surface area contributed by atoms with Gasteiger partial charge >= 0.3 is 0 Å². The predicted molar refractivity (Wildman–Crippen MR) is 113 cm³/mol. The van der Waals surface area contributed by atoms with Gasteiger partial charge in [0.25, 0.3) is 5.91 Å². The minimum Gasteiger partial charge on any atom is -0.493 e. The van der Waals surface area contributed by atoms with Crippen LogP contribution in [0.4, 0.5) is 0 Å². The molecular formula is C21H23ClN2O3S. The molecule has 2 atom stereocenters. The van der Waals surface area contributed by atoms with Crippen LogP contribution in [-0.4, -0.2) is 36.5 Å². The van der Waals surface area contributed by atoms with Crippen LogP contribution in [0.2, 0.25) is 5.02 Å². The Morgan fingerprint density at radius 3 is 2.75 bits per heavy atom. The molecule has 7 heteroatoms. The Balaban J connectivity index is 1.72. The summed E-state index contributed by atoms with van der Waals surface area (Å²) in [5, 5.41) is 6.29. The number of rotatable bonds is 7. The fourth-order valence-corrected chi connectivity index (χ4v) is 3.84. The molecule has 0 aromatic heterocycles.